The number of fused-ring (bicyclic) bond motifs is 1. The second-order valence-corrected chi connectivity index (χ2v) is 12.2. The van der Waals surface area contributed by atoms with E-state index in [0.717, 1.165) is 0 Å². The van der Waals surface area contributed by atoms with Crippen LogP contribution >= 0.6 is 0 Å². The van der Waals surface area contributed by atoms with Gasteiger partial charge in [0.1, 0.15) is 18.5 Å². The van der Waals surface area contributed by atoms with E-state index in [9.17, 15) is 23.1 Å². The first-order valence-electron chi connectivity index (χ1n) is 12.8. The summed E-state index contributed by atoms with van der Waals surface area (Å²) in [6.45, 7) is 6.95. The van der Waals surface area contributed by atoms with Crippen molar-refractivity contribution in [2.45, 2.75) is 45.6 Å². The third-order valence-electron chi connectivity index (χ3n) is 6.12. The van der Waals surface area contributed by atoms with Gasteiger partial charge in [0.15, 0.2) is 5.75 Å². The number of amides is 1. The van der Waals surface area contributed by atoms with Gasteiger partial charge in [-0.05, 0) is 47.1 Å². The Balaban J connectivity index is 2.01. The van der Waals surface area contributed by atoms with Crippen LogP contribution in [-0.2, 0) is 20.2 Å². The molecule has 0 spiro atoms. The zero-order valence-electron chi connectivity index (χ0n) is 23.3. The Morgan fingerprint density at radius 2 is 1.68 bits per heavy atom. The summed E-state index contributed by atoms with van der Waals surface area (Å²) in [5, 5.41) is 22.3. The number of aliphatic hydroxyl groups is 2. The monoisotopic (exact) mass is 572 g/mol. The van der Waals surface area contributed by atoms with Crippen molar-refractivity contribution in [3.8, 4) is 11.5 Å². The van der Waals surface area contributed by atoms with Crippen LogP contribution in [0.5, 0.6) is 11.5 Å². The molecule has 0 heterocycles. The van der Waals surface area contributed by atoms with Gasteiger partial charge in [-0.2, -0.15) is 0 Å². The molecule has 3 aromatic carbocycles. The average Bonchev–Trinajstić information content (AvgIpc) is 2.90. The van der Waals surface area contributed by atoms with Crippen LogP contribution in [0.3, 0.4) is 0 Å². The number of methoxy groups -OCH3 is 1. The smallest absolute Gasteiger partial charge is 0.296 e. The lowest BCUT2D eigenvalue weighted by Crippen LogP contribution is -2.25. The van der Waals surface area contributed by atoms with Gasteiger partial charge in [0, 0.05) is 10.9 Å². The van der Waals surface area contributed by atoms with Crippen molar-refractivity contribution < 1.29 is 37.7 Å². The molecule has 3 aromatic rings. The zero-order chi connectivity index (χ0) is 29.7. The zero-order valence-corrected chi connectivity index (χ0v) is 24.1. The maximum atomic E-state index is 13.4. The molecule has 40 heavy (non-hydrogen) atoms. The second kappa shape index (κ2) is 12.7. The van der Waals surface area contributed by atoms with Crippen LogP contribution in [0.4, 0.5) is 11.4 Å². The SMILES string of the molecule is CCCS(=O)(=O)Nc1cc(C(C)(C)C)cc(NC(=O)C(=O)c2ccc(OCC(O)CO)c3ccccc23)c1OC. The Bertz CT molecular complexity index is 1500. The topological polar surface area (TPSA) is 151 Å². The summed E-state index contributed by atoms with van der Waals surface area (Å²) in [5.74, 6) is -1.41. The third kappa shape index (κ3) is 7.29. The molecule has 0 fully saturated rings. The van der Waals surface area contributed by atoms with Gasteiger partial charge in [-0.1, -0.05) is 52.0 Å². The summed E-state index contributed by atoms with van der Waals surface area (Å²) in [6, 6.07) is 13.1. The molecule has 0 bridgehead atoms. The van der Waals surface area contributed by atoms with Crippen molar-refractivity contribution in [3.05, 3.63) is 59.7 Å². The number of carbonyl (C=O) groups excluding carboxylic acids is 2. The van der Waals surface area contributed by atoms with E-state index in [0.29, 0.717) is 28.5 Å². The minimum absolute atomic E-state index is 0.0740. The lowest BCUT2D eigenvalue weighted by molar-refractivity contribution is -0.112. The normalized spacial score (nSPS) is 12.6. The first kappa shape index (κ1) is 30.9. The Kier molecular flexibility index (Phi) is 9.78. The molecular weight excluding hydrogens is 536 g/mol. The fourth-order valence-electron chi connectivity index (χ4n) is 4.07. The fraction of sp³-hybridized carbons (Fsp3) is 0.379. The molecule has 1 atom stereocenters. The van der Waals surface area contributed by atoms with E-state index >= 15 is 0 Å². The van der Waals surface area contributed by atoms with Crippen LogP contribution in [-0.4, -0.2) is 62.5 Å². The fourth-order valence-corrected chi connectivity index (χ4v) is 5.20. The maximum absolute atomic E-state index is 13.4. The van der Waals surface area contributed by atoms with Gasteiger partial charge in [0.25, 0.3) is 11.7 Å². The number of sulfonamides is 1. The van der Waals surface area contributed by atoms with Crippen molar-refractivity contribution in [2.24, 2.45) is 0 Å². The highest BCUT2D eigenvalue weighted by Gasteiger charge is 2.26. The van der Waals surface area contributed by atoms with Crippen molar-refractivity contribution >= 4 is 43.9 Å². The van der Waals surface area contributed by atoms with E-state index in [-0.39, 0.29) is 35.0 Å². The Morgan fingerprint density at radius 3 is 2.27 bits per heavy atom. The third-order valence-corrected chi connectivity index (χ3v) is 7.60. The summed E-state index contributed by atoms with van der Waals surface area (Å²) in [6.07, 6.45) is -0.657. The van der Waals surface area contributed by atoms with Gasteiger partial charge in [-0.15, -0.1) is 0 Å². The van der Waals surface area contributed by atoms with Crippen molar-refractivity contribution in [1.29, 1.82) is 0 Å². The van der Waals surface area contributed by atoms with Gasteiger partial charge in [0.2, 0.25) is 10.0 Å². The van der Waals surface area contributed by atoms with Gasteiger partial charge < -0.3 is 25.0 Å². The number of hydrogen-bond acceptors (Lipinski definition) is 8. The van der Waals surface area contributed by atoms with Gasteiger partial charge in [0.05, 0.1) is 30.8 Å². The lowest BCUT2D eigenvalue weighted by Gasteiger charge is -2.24. The number of ether oxygens (including phenoxy) is 2. The number of carbonyl (C=O) groups is 2. The van der Waals surface area contributed by atoms with Gasteiger partial charge in [-0.25, -0.2) is 8.42 Å². The molecule has 4 N–H and O–H groups in total. The molecule has 216 valence electrons. The molecule has 0 radical (unpaired) electrons. The molecule has 0 saturated heterocycles. The van der Waals surface area contributed by atoms with Crippen LogP contribution in [0.1, 0.15) is 50.0 Å². The molecule has 0 aliphatic rings. The standard InChI is InChI=1S/C29H36N2O8S/c1-6-13-40(36,37)31-24-15-18(29(2,3)4)14-23(27(24)38-5)30-28(35)26(34)22-11-12-25(39-17-19(33)16-32)21-10-8-7-9-20(21)22/h7-12,14-15,19,31-33H,6,13,16-17H2,1-5H3,(H,30,35). The number of nitrogens with one attached hydrogen (secondary N) is 2. The van der Waals surface area contributed by atoms with E-state index in [1.807, 2.05) is 20.8 Å². The highest BCUT2D eigenvalue weighted by Crippen LogP contribution is 2.39. The van der Waals surface area contributed by atoms with Gasteiger partial charge >= 0.3 is 0 Å². The van der Waals surface area contributed by atoms with E-state index < -0.39 is 39.8 Å². The van der Waals surface area contributed by atoms with E-state index in [4.69, 9.17) is 14.6 Å². The molecule has 0 aliphatic carbocycles. The molecule has 0 saturated carbocycles. The molecule has 10 nitrogen and oxygen atoms in total. The summed E-state index contributed by atoms with van der Waals surface area (Å²) < 4.78 is 38.8. The first-order valence-corrected chi connectivity index (χ1v) is 14.5. The first-order chi connectivity index (χ1) is 18.8. The summed E-state index contributed by atoms with van der Waals surface area (Å²) in [5.41, 5.74) is 0.712. The maximum Gasteiger partial charge on any atom is 0.296 e. The summed E-state index contributed by atoms with van der Waals surface area (Å²) in [7, 11) is -2.33. The van der Waals surface area contributed by atoms with E-state index in [2.05, 4.69) is 10.0 Å². The summed E-state index contributed by atoms with van der Waals surface area (Å²) >= 11 is 0. The lowest BCUT2D eigenvalue weighted by atomic mass is 9.86. The Labute approximate surface area is 234 Å². The highest BCUT2D eigenvalue weighted by molar-refractivity contribution is 7.92. The van der Waals surface area contributed by atoms with Crippen molar-refractivity contribution in [1.82, 2.24) is 0 Å². The Hall–Kier alpha value is -3.67. The van der Waals surface area contributed by atoms with Crippen molar-refractivity contribution in [3.63, 3.8) is 0 Å². The second-order valence-electron chi connectivity index (χ2n) is 10.4. The van der Waals surface area contributed by atoms with Crippen LogP contribution in [0.25, 0.3) is 10.8 Å². The largest absolute Gasteiger partial charge is 0.492 e. The highest BCUT2D eigenvalue weighted by atomic mass is 32.2. The number of benzene rings is 3. The Morgan fingerprint density at radius 1 is 1.02 bits per heavy atom. The van der Waals surface area contributed by atoms with Crippen LogP contribution in [0.2, 0.25) is 0 Å². The molecule has 1 amide bonds. The predicted molar refractivity (Wildman–Crippen MR) is 155 cm³/mol. The molecule has 1 unspecified atom stereocenters. The number of hydrogen-bond donors (Lipinski definition) is 4. The minimum Gasteiger partial charge on any atom is -0.492 e. The van der Waals surface area contributed by atoms with Crippen LogP contribution in [0, 0.1) is 0 Å². The molecule has 3 rings (SSSR count). The van der Waals surface area contributed by atoms with Crippen molar-refractivity contribution in [2.75, 3.05) is 36.1 Å². The molecular formula is C29H36N2O8S. The number of ketones is 1. The predicted octanol–water partition coefficient (Wildman–Crippen LogP) is 3.85. The van der Waals surface area contributed by atoms with E-state index in [1.165, 1.54) is 19.2 Å². The number of anilines is 2. The molecule has 0 aromatic heterocycles. The summed E-state index contributed by atoms with van der Waals surface area (Å²) in [4.78, 5) is 26.7. The number of Topliss-reactive ketones (excluding diaryl/α,β-unsaturated/α-hetero) is 1. The number of aliphatic hydroxyl groups excluding tert-OH is 2. The molecule has 0 aliphatic heterocycles. The molecule has 11 heteroatoms. The van der Waals surface area contributed by atoms with Crippen LogP contribution < -0.4 is 19.5 Å². The average molecular weight is 573 g/mol. The number of rotatable bonds is 12. The van der Waals surface area contributed by atoms with Gasteiger partial charge in [-0.3, -0.25) is 14.3 Å². The van der Waals surface area contributed by atoms with E-state index in [1.54, 1.807) is 43.3 Å². The van der Waals surface area contributed by atoms with Crippen LogP contribution in [0.15, 0.2) is 48.5 Å². The quantitative estimate of drug-likeness (QED) is 0.189. The minimum atomic E-state index is -3.68.